The summed E-state index contributed by atoms with van der Waals surface area (Å²) in [5.74, 6) is -0.305. The van der Waals surface area contributed by atoms with Gasteiger partial charge in [0.15, 0.2) is 10.9 Å². The average Bonchev–Trinajstić information content (AvgIpc) is 3.51. The van der Waals surface area contributed by atoms with E-state index in [9.17, 15) is 13.2 Å². The summed E-state index contributed by atoms with van der Waals surface area (Å²) in [5.41, 5.74) is 4.78. The normalized spacial score (nSPS) is 18.8. The number of rotatable bonds is 5. The van der Waals surface area contributed by atoms with Crippen LogP contribution in [0.15, 0.2) is 18.2 Å². The summed E-state index contributed by atoms with van der Waals surface area (Å²) in [7, 11) is 2.03. The summed E-state index contributed by atoms with van der Waals surface area (Å²) >= 11 is 7.34. The molecule has 0 aliphatic carbocycles. The Bertz CT molecular complexity index is 1590. The first-order chi connectivity index (χ1) is 19.1. The number of ether oxygens (including phenoxy) is 1. The number of nitrogens with one attached hydrogen (secondary N) is 1. The summed E-state index contributed by atoms with van der Waals surface area (Å²) in [5, 5.41) is 3.60. The molecule has 2 aliphatic heterocycles. The van der Waals surface area contributed by atoms with E-state index in [1.165, 1.54) is 6.07 Å². The Morgan fingerprint density at radius 3 is 2.62 bits per heavy atom. The minimum absolute atomic E-state index is 0.00105. The number of nitrogen functional groups attached to an aromatic ring is 1. The summed E-state index contributed by atoms with van der Waals surface area (Å²) in [6, 6.07) is 3.85. The van der Waals surface area contributed by atoms with Gasteiger partial charge in [-0.15, -0.1) is 0 Å². The summed E-state index contributed by atoms with van der Waals surface area (Å²) in [6.07, 6.45) is -2.59. The lowest BCUT2D eigenvalue weighted by atomic mass is 9.99. The van der Waals surface area contributed by atoms with Crippen LogP contribution in [-0.2, 0) is 6.18 Å². The highest BCUT2D eigenvalue weighted by Crippen LogP contribution is 2.45. The highest BCUT2D eigenvalue weighted by Gasteiger charge is 2.35. The number of hydrogen-bond acceptors (Lipinski definition) is 9. The Labute approximate surface area is 236 Å². The molecule has 1 atom stereocenters. The van der Waals surface area contributed by atoms with Gasteiger partial charge >= 0.3 is 12.2 Å². The lowest BCUT2D eigenvalue weighted by molar-refractivity contribution is -0.136. The van der Waals surface area contributed by atoms with Crippen molar-refractivity contribution in [1.82, 2.24) is 25.2 Å². The van der Waals surface area contributed by atoms with Gasteiger partial charge in [-0.2, -0.15) is 23.1 Å². The highest BCUT2D eigenvalue weighted by molar-refractivity contribution is 7.22. The number of piperazine rings is 1. The van der Waals surface area contributed by atoms with E-state index in [0.717, 1.165) is 38.5 Å². The topological polar surface area (TPSA) is 92.4 Å². The first kappa shape index (κ1) is 27.2. The molecule has 4 aromatic rings. The number of aromatic nitrogens is 3. The number of hydrogen-bond donors (Lipinski definition) is 2. The van der Waals surface area contributed by atoms with Gasteiger partial charge in [-0.3, -0.25) is 0 Å². The van der Waals surface area contributed by atoms with E-state index in [-0.39, 0.29) is 49.1 Å². The Kier molecular flexibility index (Phi) is 7.09. The molecule has 40 heavy (non-hydrogen) atoms. The largest absolute Gasteiger partial charge is 0.462 e. The highest BCUT2D eigenvalue weighted by atomic mass is 35.5. The molecule has 2 aromatic carbocycles. The maximum absolute atomic E-state index is 16.5. The Balaban J connectivity index is 1.52. The quantitative estimate of drug-likeness (QED) is 0.305. The molecule has 0 radical (unpaired) electrons. The Hall–Kier alpha value is -3.00. The molecule has 2 saturated heterocycles. The smallest absolute Gasteiger partial charge is 0.417 e. The van der Waals surface area contributed by atoms with Gasteiger partial charge in [-0.05, 0) is 38.6 Å². The first-order valence-corrected chi connectivity index (χ1v) is 14.1. The molecule has 0 amide bonds. The SMILES string of the molecule is CN1CCCC1COc1nc(N2CCNCC2)c2cc(Cl)c(-c3ccc(C(F)(F)F)c4sc(N)nc34)c(F)c2n1. The second-order valence-electron chi connectivity index (χ2n) is 9.99. The molecule has 3 N–H and O–H groups in total. The van der Waals surface area contributed by atoms with E-state index in [4.69, 9.17) is 22.1 Å². The van der Waals surface area contributed by atoms with Crippen LogP contribution < -0.4 is 20.7 Å². The zero-order valence-electron chi connectivity index (χ0n) is 21.5. The molecule has 0 bridgehead atoms. The van der Waals surface area contributed by atoms with Gasteiger partial charge in [0.1, 0.15) is 17.9 Å². The molecule has 2 aliphatic rings. The zero-order chi connectivity index (χ0) is 28.2. The molecular weight excluding hydrogens is 570 g/mol. The van der Waals surface area contributed by atoms with E-state index >= 15 is 4.39 Å². The number of likely N-dealkylation sites (tertiary alicyclic amines) is 1. The van der Waals surface area contributed by atoms with Crippen molar-refractivity contribution in [2.75, 3.05) is 57.0 Å². The maximum Gasteiger partial charge on any atom is 0.417 e. The first-order valence-electron chi connectivity index (χ1n) is 12.9. The monoisotopic (exact) mass is 595 g/mol. The third kappa shape index (κ3) is 4.89. The average molecular weight is 596 g/mol. The fourth-order valence-electron chi connectivity index (χ4n) is 5.40. The Morgan fingerprint density at radius 1 is 1.15 bits per heavy atom. The number of likely N-dealkylation sites (N-methyl/N-ethyl adjacent to an activating group) is 1. The van der Waals surface area contributed by atoms with Gasteiger partial charge in [0, 0.05) is 48.7 Å². The van der Waals surface area contributed by atoms with Gasteiger partial charge in [0.2, 0.25) is 0 Å². The number of alkyl halides is 3. The van der Waals surface area contributed by atoms with Crippen LogP contribution in [-0.4, -0.2) is 72.3 Å². The predicted molar refractivity (Wildman–Crippen MR) is 149 cm³/mol. The lowest BCUT2D eigenvalue weighted by Crippen LogP contribution is -2.44. The summed E-state index contributed by atoms with van der Waals surface area (Å²) < 4.78 is 63.4. The van der Waals surface area contributed by atoms with Gasteiger partial charge in [0.25, 0.3) is 0 Å². The van der Waals surface area contributed by atoms with E-state index in [1.54, 1.807) is 6.07 Å². The molecule has 0 spiro atoms. The van der Waals surface area contributed by atoms with Crippen molar-refractivity contribution >= 4 is 55.0 Å². The zero-order valence-corrected chi connectivity index (χ0v) is 23.1. The third-order valence-electron chi connectivity index (χ3n) is 7.47. The van der Waals surface area contributed by atoms with Crippen LogP contribution in [0.1, 0.15) is 18.4 Å². The van der Waals surface area contributed by atoms with E-state index in [2.05, 4.69) is 25.2 Å². The standard InChI is InChI=1S/C26H26ClF4N7OS/c1-37-8-2-3-13(37)12-39-25-35-20-15(23(36-25)38-9-6-33-7-10-38)11-17(27)18(19(20)28)14-4-5-16(26(29,30)31)22-21(14)34-24(32)40-22/h4-5,11,13,33H,2-3,6-10,12H2,1H3,(H2,32,34). The van der Waals surface area contributed by atoms with Crippen molar-refractivity contribution in [3.63, 3.8) is 0 Å². The van der Waals surface area contributed by atoms with Crippen molar-refractivity contribution in [3.8, 4) is 17.1 Å². The van der Waals surface area contributed by atoms with Gasteiger partial charge in [0.05, 0.1) is 20.8 Å². The van der Waals surface area contributed by atoms with E-state index < -0.39 is 17.6 Å². The van der Waals surface area contributed by atoms with Crippen LogP contribution >= 0.6 is 22.9 Å². The van der Waals surface area contributed by atoms with Gasteiger partial charge in [-0.1, -0.05) is 29.0 Å². The lowest BCUT2D eigenvalue weighted by Gasteiger charge is -2.29. The number of nitrogens with two attached hydrogens (primary N) is 1. The molecule has 4 heterocycles. The van der Waals surface area contributed by atoms with Crippen LogP contribution in [0.25, 0.3) is 32.2 Å². The molecule has 2 aromatic heterocycles. The molecule has 8 nitrogen and oxygen atoms in total. The van der Waals surface area contributed by atoms with Crippen molar-refractivity contribution in [3.05, 3.63) is 34.6 Å². The Morgan fingerprint density at radius 2 is 1.93 bits per heavy atom. The molecule has 2 fully saturated rings. The maximum atomic E-state index is 16.5. The van der Waals surface area contributed by atoms with Gasteiger partial charge < -0.3 is 25.6 Å². The number of thiazole rings is 1. The number of nitrogens with zero attached hydrogens (tertiary/aromatic N) is 5. The van der Waals surface area contributed by atoms with Crippen molar-refractivity contribution in [2.24, 2.45) is 0 Å². The number of fused-ring (bicyclic) bond motifs is 2. The molecule has 1 unspecified atom stereocenters. The number of anilines is 2. The van der Waals surface area contributed by atoms with Crippen molar-refractivity contribution < 1.29 is 22.3 Å². The fraction of sp³-hybridized carbons (Fsp3) is 0.423. The second-order valence-corrected chi connectivity index (χ2v) is 11.4. The summed E-state index contributed by atoms with van der Waals surface area (Å²) in [4.78, 5) is 17.4. The molecule has 14 heteroatoms. The van der Waals surface area contributed by atoms with Crippen LogP contribution in [0.5, 0.6) is 6.01 Å². The molecule has 6 rings (SSSR count). The second kappa shape index (κ2) is 10.4. The van der Waals surface area contributed by atoms with E-state index in [0.29, 0.717) is 42.2 Å². The summed E-state index contributed by atoms with van der Waals surface area (Å²) in [6.45, 7) is 4.03. The van der Waals surface area contributed by atoms with Gasteiger partial charge in [-0.25, -0.2) is 9.37 Å². The fourth-order valence-corrected chi connectivity index (χ4v) is 6.58. The molecule has 0 saturated carbocycles. The van der Waals surface area contributed by atoms with Crippen LogP contribution in [0.4, 0.5) is 28.5 Å². The van der Waals surface area contributed by atoms with Crippen LogP contribution in [0.2, 0.25) is 5.02 Å². The third-order valence-corrected chi connectivity index (χ3v) is 8.69. The van der Waals surface area contributed by atoms with E-state index in [1.807, 2.05) is 11.9 Å². The van der Waals surface area contributed by atoms with Crippen molar-refractivity contribution in [1.29, 1.82) is 0 Å². The molecular formula is C26H26ClF4N7OS. The van der Waals surface area contributed by atoms with Crippen molar-refractivity contribution in [2.45, 2.75) is 25.1 Å². The molecule has 212 valence electrons. The minimum atomic E-state index is -4.63. The minimum Gasteiger partial charge on any atom is -0.462 e. The van der Waals surface area contributed by atoms with Crippen LogP contribution in [0.3, 0.4) is 0 Å². The number of benzene rings is 2. The van der Waals surface area contributed by atoms with Crippen LogP contribution in [0, 0.1) is 5.82 Å². The predicted octanol–water partition coefficient (Wildman–Crippen LogP) is 5.18. The number of halogens is 5.